The Morgan fingerprint density at radius 2 is 2.00 bits per heavy atom. The third-order valence-corrected chi connectivity index (χ3v) is 2.91. The van der Waals surface area contributed by atoms with Crippen LogP contribution in [0.25, 0.3) is 0 Å². The molecule has 0 radical (unpaired) electrons. The summed E-state index contributed by atoms with van der Waals surface area (Å²) in [7, 11) is 0. The average molecular weight is 358 g/mol. The Morgan fingerprint density at radius 3 is 2.65 bits per heavy atom. The molecule has 0 saturated heterocycles. The standard InChI is InChI=1S/C10H6Br2N4O/c11-7-4-15-8(5-14-7)16-10(17)6-2-1-3-13-9(6)12/h1-5H,(H,15,16,17). The molecular weight excluding hydrogens is 352 g/mol. The minimum atomic E-state index is -0.290. The molecule has 0 saturated carbocycles. The van der Waals surface area contributed by atoms with Crippen molar-refractivity contribution in [2.24, 2.45) is 0 Å². The molecule has 2 aromatic rings. The number of nitrogens with zero attached hydrogens (tertiary/aromatic N) is 3. The largest absolute Gasteiger partial charge is 0.305 e. The van der Waals surface area contributed by atoms with Gasteiger partial charge in [-0.2, -0.15) is 0 Å². The second kappa shape index (κ2) is 5.33. The number of carbonyl (C=O) groups excluding carboxylic acids is 1. The van der Waals surface area contributed by atoms with E-state index in [-0.39, 0.29) is 5.91 Å². The highest BCUT2D eigenvalue weighted by molar-refractivity contribution is 9.10. The molecular formula is C10H6Br2N4O. The van der Waals surface area contributed by atoms with E-state index in [0.29, 0.717) is 20.6 Å². The van der Waals surface area contributed by atoms with Crippen molar-refractivity contribution in [1.82, 2.24) is 15.0 Å². The van der Waals surface area contributed by atoms with Crippen molar-refractivity contribution >= 4 is 43.6 Å². The van der Waals surface area contributed by atoms with E-state index in [1.807, 2.05) is 0 Å². The Labute approximate surface area is 114 Å². The summed E-state index contributed by atoms with van der Waals surface area (Å²) < 4.78 is 1.10. The Hall–Kier alpha value is -1.34. The first-order valence-corrected chi connectivity index (χ1v) is 6.15. The molecule has 2 heterocycles. The van der Waals surface area contributed by atoms with Crippen LogP contribution >= 0.6 is 31.9 Å². The highest BCUT2D eigenvalue weighted by Crippen LogP contribution is 2.14. The van der Waals surface area contributed by atoms with Gasteiger partial charge in [-0.3, -0.25) is 4.79 Å². The van der Waals surface area contributed by atoms with Crippen molar-refractivity contribution in [3.63, 3.8) is 0 Å². The van der Waals surface area contributed by atoms with Crippen LogP contribution in [0.2, 0.25) is 0 Å². The van der Waals surface area contributed by atoms with Crippen LogP contribution in [0, 0.1) is 0 Å². The molecule has 0 aliphatic rings. The van der Waals surface area contributed by atoms with Crippen molar-refractivity contribution in [1.29, 1.82) is 0 Å². The van der Waals surface area contributed by atoms with E-state index >= 15 is 0 Å². The molecule has 86 valence electrons. The SMILES string of the molecule is O=C(Nc1cnc(Br)cn1)c1cccnc1Br. The Bertz CT molecular complexity index is 544. The Balaban J connectivity index is 2.17. The quantitative estimate of drug-likeness (QED) is 0.839. The number of nitrogens with one attached hydrogen (secondary N) is 1. The predicted molar refractivity (Wildman–Crippen MR) is 69.6 cm³/mol. The highest BCUT2D eigenvalue weighted by atomic mass is 79.9. The first kappa shape index (κ1) is 12.1. The summed E-state index contributed by atoms with van der Waals surface area (Å²) in [5, 5.41) is 2.62. The molecule has 5 nitrogen and oxygen atoms in total. The summed E-state index contributed by atoms with van der Waals surface area (Å²) in [6.07, 6.45) is 4.57. The van der Waals surface area contributed by atoms with Gasteiger partial charge in [0.15, 0.2) is 5.82 Å². The van der Waals surface area contributed by atoms with Gasteiger partial charge in [-0.25, -0.2) is 15.0 Å². The molecule has 0 bridgehead atoms. The van der Waals surface area contributed by atoms with Crippen LogP contribution in [0.15, 0.2) is 39.9 Å². The highest BCUT2D eigenvalue weighted by Gasteiger charge is 2.10. The van der Waals surface area contributed by atoms with Gasteiger partial charge in [0.2, 0.25) is 0 Å². The van der Waals surface area contributed by atoms with Gasteiger partial charge in [0.1, 0.15) is 9.21 Å². The molecule has 0 aliphatic carbocycles. The van der Waals surface area contributed by atoms with Crippen molar-refractivity contribution in [3.05, 3.63) is 45.5 Å². The number of anilines is 1. The van der Waals surface area contributed by atoms with Crippen LogP contribution in [0.4, 0.5) is 5.82 Å². The van der Waals surface area contributed by atoms with E-state index in [2.05, 4.69) is 52.1 Å². The van der Waals surface area contributed by atoms with Crippen molar-refractivity contribution in [3.8, 4) is 0 Å². The van der Waals surface area contributed by atoms with Crippen LogP contribution in [-0.4, -0.2) is 20.9 Å². The lowest BCUT2D eigenvalue weighted by atomic mass is 10.3. The predicted octanol–water partition coefficient (Wildman–Crippen LogP) is 2.65. The monoisotopic (exact) mass is 356 g/mol. The molecule has 0 spiro atoms. The third kappa shape index (κ3) is 3.07. The summed E-state index contributed by atoms with van der Waals surface area (Å²) in [6, 6.07) is 3.35. The number of hydrogen-bond acceptors (Lipinski definition) is 4. The zero-order valence-corrected chi connectivity index (χ0v) is 11.6. The van der Waals surface area contributed by atoms with Gasteiger partial charge in [-0.1, -0.05) is 0 Å². The summed E-state index contributed by atoms with van der Waals surface area (Å²) in [4.78, 5) is 23.8. The summed E-state index contributed by atoms with van der Waals surface area (Å²) in [6.45, 7) is 0. The van der Waals surface area contributed by atoms with Crippen molar-refractivity contribution in [2.75, 3.05) is 5.32 Å². The van der Waals surface area contributed by atoms with Crippen molar-refractivity contribution in [2.45, 2.75) is 0 Å². The summed E-state index contributed by atoms with van der Waals surface area (Å²) >= 11 is 6.37. The lowest BCUT2D eigenvalue weighted by Crippen LogP contribution is -2.14. The van der Waals surface area contributed by atoms with E-state index in [0.717, 1.165) is 0 Å². The molecule has 1 amide bonds. The maximum Gasteiger partial charge on any atom is 0.259 e. The fraction of sp³-hybridized carbons (Fsp3) is 0. The number of hydrogen-bond donors (Lipinski definition) is 1. The number of aromatic nitrogens is 3. The van der Waals surface area contributed by atoms with Gasteiger partial charge >= 0.3 is 0 Å². The molecule has 17 heavy (non-hydrogen) atoms. The maximum atomic E-state index is 11.9. The third-order valence-electron chi connectivity index (χ3n) is 1.87. The lowest BCUT2D eigenvalue weighted by molar-refractivity contribution is 0.102. The summed E-state index contributed by atoms with van der Waals surface area (Å²) in [5.74, 6) is 0.0931. The van der Waals surface area contributed by atoms with E-state index in [9.17, 15) is 4.79 Å². The van der Waals surface area contributed by atoms with Crippen molar-refractivity contribution < 1.29 is 4.79 Å². The smallest absolute Gasteiger partial charge is 0.259 e. The molecule has 0 unspecified atom stereocenters. The zero-order valence-electron chi connectivity index (χ0n) is 8.39. The Morgan fingerprint density at radius 1 is 1.18 bits per heavy atom. The fourth-order valence-corrected chi connectivity index (χ4v) is 1.75. The molecule has 1 N–H and O–H groups in total. The minimum absolute atomic E-state index is 0.290. The second-order valence-electron chi connectivity index (χ2n) is 3.02. The van der Waals surface area contributed by atoms with Crippen LogP contribution in [0.1, 0.15) is 10.4 Å². The molecule has 0 fully saturated rings. The van der Waals surface area contributed by atoms with Gasteiger partial charge in [0, 0.05) is 6.20 Å². The Kier molecular flexibility index (Phi) is 3.80. The fourth-order valence-electron chi connectivity index (χ4n) is 1.12. The second-order valence-corrected chi connectivity index (χ2v) is 4.58. The number of rotatable bonds is 2. The van der Waals surface area contributed by atoms with E-state index in [1.165, 1.54) is 12.4 Å². The maximum absolute atomic E-state index is 11.9. The first-order valence-electron chi connectivity index (χ1n) is 4.56. The van der Waals surface area contributed by atoms with Gasteiger partial charge in [-0.05, 0) is 44.0 Å². The molecule has 0 aromatic carbocycles. The molecule has 0 atom stereocenters. The first-order chi connectivity index (χ1) is 8.16. The van der Waals surface area contributed by atoms with Crippen LogP contribution in [-0.2, 0) is 0 Å². The molecule has 2 aromatic heterocycles. The average Bonchev–Trinajstić information content (AvgIpc) is 2.32. The molecule has 2 rings (SSSR count). The topological polar surface area (TPSA) is 67.8 Å². The van der Waals surface area contributed by atoms with E-state index < -0.39 is 0 Å². The number of pyridine rings is 1. The summed E-state index contributed by atoms with van der Waals surface area (Å²) in [5.41, 5.74) is 0.442. The molecule has 7 heteroatoms. The van der Waals surface area contributed by atoms with Gasteiger partial charge in [0.25, 0.3) is 5.91 Å². The number of halogens is 2. The van der Waals surface area contributed by atoms with Crippen LogP contribution in [0.5, 0.6) is 0 Å². The van der Waals surface area contributed by atoms with Gasteiger partial charge < -0.3 is 5.32 Å². The minimum Gasteiger partial charge on any atom is -0.305 e. The lowest BCUT2D eigenvalue weighted by Gasteiger charge is -2.04. The number of amides is 1. The van der Waals surface area contributed by atoms with Gasteiger partial charge in [0.05, 0.1) is 18.0 Å². The van der Waals surface area contributed by atoms with Crippen LogP contribution in [0.3, 0.4) is 0 Å². The van der Waals surface area contributed by atoms with E-state index in [1.54, 1.807) is 18.3 Å². The van der Waals surface area contributed by atoms with Gasteiger partial charge in [-0.15, -0.1) is 0 Å². The number of carbonyl (C=O) groups is 1. The van der Waals surface area contributed by atoms with Crippen LogP contribution < -0.4 is 5.32 Å². The molecule has 0 aliphatic heterocycles. The van der Waals surface area contributed by atoms with E-state index in [4.69, 9.17) is 0 Å². The normalized spacial score (nSPS) is 10.0. The zero-order chi connectivity index (χ0) is 12.3.